The lowest BCUT2D eigenvalue weighted by Gasteiger charge is -2.13. The molecule has 0 radical (unpaired) electrons. The van der Waals surface area contributed by atoms with Gasteiger partial charge in [0, 0.05) is 18.3 Å². The second-order valence-electron chi connectivity index (χ2n) is 4.56. The van der Waals surface area contributed by atoms with Gasteiger partial charge in [-0.15, -0.1) is 21.5 Å². The smallest absolute Gasteiger partial charge is 0.252 e. The van der Waals surface area contributed by atoms with E-state index in [4.69, 9.17) is 0 Å². The van der Waals surface area contributed by atoms with Crippen LogP contribution in [-0.2, 0) is 13.0 Å². The minimum atomic E-state index is -0.134. The van der Waals surface area contributed by atoms with Crippen LogP contribution in [0.15, 0.2) is 15.2 Å². The number of aromatic nitrogens is 3. The quantitative estimate of drug-likeness (QED) is 0.933. The van der Waals surface area contributed by atoms with Gasteiger partial charge in [-0.1, -0.05) is 0 Å². The molecule has 5 nitrogen and oxygen atoms in total. The largest absolute Gasteiger partial charge is 0.342 e. The highest BCUT2D eigenvalue weighted by atomic mass is 79.9. The molecule has 0 saturated carbocycles. The molecule has 19 heavy (non-hydrogen) atoms. The molecule has 0 unspecified atom stereocenters. The number of nitrogens with zero attached hydrogens (tertiary/aromatic N) is 3. The number of amides is 1. The van der Waals surface area contributed by atoms with Crippen LogP contribution in [0.5, 0.6) is 0 Å². The van der Waals surface area contributed by atoms with Crippen LogP contribution in [0.2, 0.25) is 0 Å². The van der Waals surface area contributed by atoms with Gasteiger partial charge in [-0.05, 0) is 35.3 Å². The van der Waals surface area contributed by atoms with Crippen LogP contribution in [0.1, 0.15) is 41.4 Å². The van der Waals surface area contributed by atoms with Crippen LogP contribution in [0, 0.1) is 0 Å². The van der Waals surface area contributed by atoms with Gasteiger partial charge in [-0.3, -0.25) is 4.79 Å². The Morgan fingerprint density at radius 2 is 2.42 bits per heavy atom. The summed E-state index contributed by atoms with van der Waals surface area (Å²) in [6.07, 6.45) is 2.08. The third-order valence-electron chi connectivity index (χ3n) is 3.20. The van der Waals surface area contributed by atoms with Gasteiger partial charge in [0.05, 0.1) is 15.4 Å². The molecule has 0 bridgehead atoms. The van der Waals surface area contributed by atoms with E-state index < -0.39 is 0 Å². The number of rotatable bonds is 3. The number of halogens is 1. The van der Waals surface area contributed by atoms with Crippen molar-refractivity contribution in [2.75, 3.05) is 0 Å². The molecule has 1 atom stereocenters. The number of carbonyl (C=O) groups is 1. The summed E-state index contributed by atoms with van der Waals surface area (Å²) in [5.74, 6) is 1.79. The molecular formula is C12H13BrN4OS. The molecule has 1 amide bonds. The summed E-state index contributed by atoms with van der Waals surface area (Å²) in [5.41, 5.74) is 0.671. The van der Waals surface area contributed by atoms with Crippen LogP contribution < -0.4 is 5.32 Å². The number of nitrogens with one attached hydrogen (secondary N) is 1. The maximum atomic E-state index is 12.1. The summed E-state index contributed by atoms with van der Waals surface area (Å²) in [6, 6.07) is 1.69. The fourth-order valence-electron chi connectivity index (χ4n) is 2.27. The molecule has 100 valence electrons. The standard InChI is InChI=1S/C12H13BrN4OS/c1-7(11-16-15-10-3-2-4-17(10)11)14-12(18)8-5-9(13)19-6-8/h5-7H,2-4H2,1H3,(H,14,18)/t7-/m0/s1. The van der Waals surface area contributed by atoms with E-state index in [0.29, 0.717) is 5.56 Å². The Bertz CT molecular complexity index is 621. The number of aryl methyl sites for hydroxylation is 1. The number of fused-ring (bicyclic) bond motifs is 1. The minimum Gasteiger partial charge on any atom is -0.342 e. The first-order valence-electron chi connectivity index (χ1n) is 6.12. The summed E-state index contributed by atoms with van der Waals surface area (Å²) in [4.78, 5) is 12.1. The molecule has 0 fully saturated rings. The van der Waals surface area contributed by atoms with Gasteiger partial charge >= 0.3 is 0 Å². The van der Waals surface area contributed by atoms with Gasteiger partial charge in [0.15, 0.2) is 5.82 Å². The average molecular weight is 341 g/mol. The van der Waals surface area contributed by atoms with Crippen molar-refractivity contribution in [3.8, 4) is 0 Å². The molecule has 3 heterocycles. The molecule has 1 N–H and O–H groups in total. The fourth-order valence-corrected chi connectivity index (χ4v) is 3.40. The van der Waals surface area contributed by atoms with Crippen molar-refractivity contribution in [2.45, 2.75) is 32.4 Å². The lowest BCUT2D eigenvalue weighted by Crippen LogP contribution is -2.28. The Morgan fingerprint density at radius 3 is 3.16 bits per heavy atom. The van der Waals surface area contributed by atoms with Crippen LogP contribution in [-0.4, -0.2) is 20.7 Å². The Hall–Kier alpha value is -1.21. The van der Waals surface area contributed by atoms with Gasteiger partial charge in [0.1, 0.15) is 5.82 Å². The summed E-state index contributed by atoms with van der Waals surface area (Å²) >= 11 is 4.86. The van der Waals surface area contributed by atoms with E-state index in [-0.39, 0.29) is 11.9 Å². The zero-order valence-corrected chi connectivity index (χ0v) is 12.8. The van der Waals surface area contributed by atoms with E-state index in [9.17, 15) is 4.79 Å². The number of hydrogen-bond acceptors (Lipinski definition) is 4. The minimum absolute atomic E-state index is 0.0789. The van der Waals surface area contributed by atoms with Gasteiger partial charge < -0.3 is 9.88 Å². The molecule has 2 aromatic heterocycles. The van der Waals surface area contributed by atoms with Crippen molar-refractivity contribution >= 4 is 33.2 Å². The third-order valence-corrected chi connectivity index (χ3v) is 4.71. The summed E-state index contributed by atoms with van der Waals surface area (Å²) in [6.45, 7) is 2.89. The molecule has 0 aromatic carbocycles. The van der Waals surface area contributed by atoms with Crippen molar-refractivity contribution in [2.24, 2.45) is 0 Å². The van der Waals surface area contributed by atoms with Gasteiger partial charge in [-0.25, -0.2) is 0 Å². The zero-order chi connectivity index (χ0) is 13.4. The maximum Gasteiger partial charge on any atom is 0.252 e. The lowest BCUT2D eigenvalue weighted by molar-refractivity contribution is 0.0938. The van der Waals surface area contributed by atoms with Crippen molar-refractivity contribution < 1.29 is 4.79 Å². The van der Waals surface area contributed by atoms with Crippen molar-refractivity contribution in [3.05, 3.63) is 32.4 Å². The molecule has 0 spiro atoms. The van der Waals surface area contributed by atoms with E-state index in [1.807, 2.05) is 18.4 Å². The summed E-state index contributed by atoms with van der Waals surface area (Å²) in [7, 11) is 0. The topological polar surface area (TPSA) is 59.8 Å². The Morgan fingerprint density at radius 1 is 1.58 bits per heavy atom. The average Bonchev–Trinajstić information content (AvgIpc) is 3.02. The van der Waals surface area contributed by atoms with Gasteiger partial charge in [0.25, 0.3) is 5.91 Å². The normalized spacial score (nSPS) is 15.3. The van der Waals surface area contributed by atoms with E-state index in [1.54, 1.807) is 0 Å². The first-order chi connectivity index (χ1) is 9.15. The Kier molecular flexibility index (Phi) is 3.40. The number of hydrogen-bond donors (Lipinski definition) is 1. The Labute approximate surface area is 123 Å². The van der Waals surface area contributed by atoms with Crippen molar-refractivity contribution in [1.29, 1.82) is 0 Å². The van der Waals surface area contributed by atoms with Gasteiger partial charge in [0.2, 0.25) is 0 Å². The first kappa shape index (κ1) is 12.8. The lowest BCUT2D eigenvalue weighted by atomic mass is 10.2. The van der Waals surface area contributed by atoms with Crippen molar-refractivity contribution in [1.82, 2.24) is 20.1 Å². The first-order valence-corrected chi connectivity index (χ1v) is 7.79. The van der Waals surface area contributed by atoms with Crippen molar-refractivity contribution in [3.63, 3.8) is 0 Å². The highest BCUT2D eigenvalue weighted by Gasteiger charge is 2.22. The molecule has 3 rings (SSSR count). The highest BCUT2D eigenvalue weighted by Crippen LogP contribution is 2.22. The highest BCUT2D eigenvalue weighted by molar-refractivity contribution is 9.11. The van der Waals surface area contributed by atoms with E-state index in [1.165, 1.54) is 11.3 Å². The molecule has 2 aromatic rings. The second kappa shape index (κ2) is 5.05. The van der Waals surface area contributed by atoms with E-state index in [2.05, 4.69) is 36.0 Å². The predicted octanol–water partition coefficient (Wildman–Crippen LogP) is 2.54. The van der Waals surface area contributed by atoms with Crippen LogP contribution in [0.4, 0.5) is 0 Å². The zero-order valence-electron chi connectivity index (χ0n) is 10.4. The van der Waals surface area contributed by atoms with Gasteiger partial charge in [-0.2, -0.15) is 0 Å². The summed E-state index contributed by atoms with van der Waals surface area (Å²) < 4.78 is 3.06. The molecule has 1 aliphatic heterocycles. The Balaban J connectivity index is 1.74. The monoisotopic (exact) mass is 340 g/mol. The second-order valence-corrected chi connectivity index (χ2v) is 6.85. The summed E-state index contributed by atoms with van der Waals surface area (Å²) in [5, 5.41) is 13.1. The molecule has 7 heteroatoms. The van der Waals surface area contributed by atoms with E-state index >= 15 is 0 Å². The predicted molar refractivity (Wildman–Crippen MR) is 76.2 cm³/mol. The molecular weight excluding hydrogens is 328 g/mol. The number of carbonyl (C=O) groups excluding carboxylic acids is 1. The number of thiophene rings is 1. The fraction of sp³-hybridized carbons (Fsp3) is 0.417. The molecule has 0 aliphatic carbocycles. The SMILES string of the molecule is C[C@H](NC(=O)c1csc(Br)c1)c1nnc2n1CCC2. The molecule has 1 aliphatic rings. The maximum absolute atomic E-state index is 12.1. The van der Waals surface area contributed by atoms with Crippen LogP contribution in [0.3, 0.4) is 0 Å². The van der Waals surface area contributed by atoms with Crippen LogP contribution >= 0.6 is 27.3 Å². The van der Waals surface area contributed by atoms with E-state index in [0.717, 1.165) is 34.8 Å². The third kappa shape index (κ3) is 2.44. The van der Waals surface area contributed by atoms with Crippen LogP contribution in [0.25, 0.3) is 0 Å². The molecule has 0 saturated heterocycles.